The summed E-state index contributed by atoms with van der Waals surface area (Å²) in [5.41, 5.74) is 1.97. The van der Waals surface area contributed by atoms with E-state index in [1.807, 2.05) is 32.9 Å². The van der Waals surface area contributed by atoms with Gasteiger partial charge in [0.25, 0.3) is 0 Å². The van der Waals surface area contributed by atoms with Gasteiger partial charge in [0.05, 0.1) is 11.9 Å². The predicted octanol–water partition coefficient (Wildman–Crippen LogP) is 5.18. The largest absolute Gasteiger partial charge is 0.354 e. The van der Waals surface area contributed by atoms with Gasteiger partial charge in [0.2, 0.25) is 21.8 Å². The monoisotopic (exact) mass is 555 g/mol. The summed E-state index contributed by atoms with van der Waals surface area (Å²) in [4.78, 5) is 27.9. The van der Waals surface area contributed by atoms with Gasteiger partial charge in [0.1, 0.15) is 6.04 Å². The molecular formula is C26H35Cl2N3O4S. The minimum Gasteiger partial charge on any atom is -0.354 e. The van der Waals surface area contributed by atoms with Crippen LogP contribution in [0.25, 0.3) is 0 Å². The van der Waals surface area contributed by atoms with Crippen LogP contribution in [0.15, 0.2) is 42.5 Å². The van der Waals surface area contributed by atoms with Crippen molar-refractivity contribution in [3.8, 4) is 0 Å². The molecule has 1 atom stereocenters. The molecule has 2 rings (SSSR count). The lowest BCUT2D eigenvalue weighted by molar-refractivity contribution is -0.141. The second-order valence-electron chi connectivity index (χ2n) is 8.66. The van der Waals surface area contributed by atoms with E-state index < -0.39 is 16.1 Å². The van der Waals surface area contributed by atoms with Crippen LogP contribution in [0.1, 0.15) is 50.7 Å². The Labute approximate surface area is 224 Å². The number of sulfonamides is 1. The molecule has 2 aromatic carbocycles. The van der Waals surface area contributed by atoms with Crippen molar-refractivity contribution >= 4 is 50.7 Å². The third-order valence-corrected chi connectivity index (χ3v) is 7.75. The fourth-order valence-corrected chi connectivity index (χ4v) is 5.50. The number of benzene rings is 2. The molecule has 0 radical (unpaired) electrons. The Morgan fingerprint density at radius 1 is 1.03 bits per heavy atom. The smallest absolute Gasteiger partial charge is 0.242 e. The van der Waals surface area contributed by atoms with Crippen molar-refractivity contribution in [2.24, 2.45) is 0 Å². The molecule has 10 heteroatoms. The van der Waals surface area contributed by atoms with Crippen LogP contribution in [0.5, 0.6) is 0 Å². The zero-order valence-electron chi connectivity index (χ0n) is 21.3. The molecule has 0 spiro atoms. The first-order valence-electron chi connectivity index (χ1n) is 12.0. The summed E-state index contributed by atoms with van der Waals surface area (Å²) in [6.07, 6.45) is 2.66. The number of rotatable bonds is 13. The summed E-state index contributed by atoms with van der Waals surface area (Å²) in [6.45, 7) is 6.35. The summed E-state index contributed by atoms with van der Waals surface area (Å²) in [7, 11) is -3.55. The van der Waals surface area contributed by atoms with Gasteiger partial charge in [0.15, 0.2) is 0 Å². The quantitative estimate of drug-likeness (QED) is 0.368. The van der Waals surface area contributed by atoms with Crippen LogP contribution in [0.3, 0.4) is 0 Å². The molecule has 7 nitrogen and oxygen atoms in total. The van der Waals surface area contributed by atoms with Gasteiger partial charge in [-0.1, -0.05) is 61.3 Å². The Kier molecular flexibility index (Phi) is 11.5. The van der Waals surface area contributed by atoms with Gasteiger partial charge in [0, 0.05) is 41.7 Å². The number of nitrogens with one attached hydrogen (secondary N) is 1. The maximum Gasteiger partial charge on any atom is 0.242 e. The number of hydrogen-bond donors (Lipinski definition) is 1. The van der Waals surface area contributed by atoms with E-state index in [1.54, 1.807) is 30.3 Å². The SMILES string of the molecule is CCCNC(=O)[C@H](CC)N(Cc1c(Cl)cccc1Cl)C(=O)CCCN(c1ccccc1C)S(C)(=O)=O. The molecule has 0 saturated heterocycles. The van der Waals surface area contributed by atoms with Crippen LogP contribution in [0.2, 0.25) is 10.0 Å². The fourth-order valence-electron chi connectivity index (χ4n) is 3.96. The van der Waals surface area contributed by atoms with E-state index in [4.69, 9.17) is 23.2 Å². The van der Waals surface area contributed by atoms with Crippen molar-refractivity contribution in [3.05, 3.63) is 63.6 Å². The number of para-hydroxylation sites is 1. The Balaban J connectivity index is 2.27. The Hall–Kier alpha value is -2.29. The number of hydrogen-bond acceptors (Lipinski definition) is 4. The van der Waals surface area contributed by atoms with Gasteiger partial charge in [-0.25, -0.2) is 8.42 Å². The standard InChI is InChI=1S/C26H35Cl2N3O4S/c1-5-16-29-26(33)23(6-2)30(18-20-21(27)12-9-13-22(20)28)25(32)15-10-17-31(36(4,34)35)24-14-8-7-11-19(24)3/h7-9,11-14,23H,5-6,10,15-18H2,1-4H3,(H,29,33)/t23-/m0/s1. The number of halogens is 2. The summed E-state index contributed by atoms with van der Waals surface area (Å²) < 4.78 is 26.3. The van der Waals surface area contributed by atoms with Crippen molar-refractivity contribution < 1.29 is 18.0 Å². The molecular weight excluding hydrogens is 521 g/mol. The van der Waals surface area contributed by atoms with Gasteiger partial charge in [-0.05, 0) is 49.9 Å². The topological polar surface area (TPSA) is 86.8 Å². The fraction of sp³-hybridized carbons (Fsp3) is 0.462. The van der Waals surface area contributed by atoms with Crippen molar-refractivity contribution in [2.75, 3.05) is 23.7 Å². The third kappa shape index (κ3) is 8.11. The Morgan fingerprint density at radius 3 is 2.22 bits per heavy atom. The maximum absolute atomic E-state index is 13.5. The predicted molar refractivity (Wildman–Crippen MR) is 147 cm³/mol. The molecule has 0 aliphatic heterocycles. The number of carbonyl (C=O) groups is 2. The summed E-state index contributed by atoms with van der Waals surface area (Å²) in [6, 6.07) is 11.6. The molecule has 0 fully saturated rings. The molecule has 36 heavy (non-hydrogen) atoms. The van der Waals surface area contributed by atoms with Crippen molar-refractivity contribution in [3.63, 3.8) is 0 Å². The van der Waals surface area contributed by atoms with E-state index >= 15 is 0 Å². The molecule has 0 bridgehead atoms. The lowest BCUT2D eigenvalue weighted by atomic mass is 10.1. The lowest BCUT2D eigenvalue weighted by Gasteiger charge is -2.31. The molecule has 2 amide bonds. The zero-order chi connectivity index (χ0) is 26.9. The summed E-state index contributed by atoms with van der Waals surface area (Å²) >= 11 is 12.7. The van der Waals surface area contributed by atoms with Crippen LogP contribution < -0.4 is 9.62 Å². The second kappa shape index (κ2) is 13.9. The molecule has 0 aliphatic rings. The van der Waals surface area contributed by atoms with Gasteiger partial charge in [-0.15, -0.1) is 0 Å². The summed E-state index contributed by atoms with van der Waals surface area (Å²) in [5.74, 6) is -0.517. The van der Waals surface area contributed by atoms with Crippen molar-refractivity contribution in [2.45, 2.75) is 59.0 Å². The van der Waals surface area contributed by atoms with Crippen LogP contribution in [-0.2, 0) is 26.2 Å². The second-order valence-corrected chi connectivity index (χ2v) is 11.4. The Morgan fingerprint density at radius 2 is 1.67 bits per heavy atom. The molecule has 198 valence electrons. The van der Waals surface area contributed by atoms with Gasteiger partial charge in [-0.3, -0.25) is 13.9 Å². The van der Waals surface area contributed by atoms with Crippen molar-refractivity contribution in [1.82, 2.24) is 10.2 Å². The van der Waals surface area contributed by atoms with Crippen LogP contribution in [0.4, 0.5) is 5.69 Å². The number of nitrogens with zero attached hydrogens (tertiary/aromatic N) is 2. The Bertz CT molecular complexity index is 1140. The molecule has 0 aliphatic carbocycles. The first kappa shape index (κ1) is 29.9. The van der Waals surface area contributed by atoms with Crippen LogP contribution in [0, 0.1) is 6.92 Å². The first-order chi connectivity index (χ1) is 17.0. The molecule has 1 N–H and O–H groups in total. The van der Waals surface area contributed by atoms with Gasteiger partial charge < -0.3 is 10.2 Å². The normalized spacial score (nSPS) is 12.2. The van der Waals surface area contributed by atoms with E-state index in [0.29, 0.717) is 34.3 Å². The molecule has 0 aromatic heterocycles. The highest BCUT2D eigenvalue weighted by atomic mass is 35.5. The average molecular weight is 557 g/mol. The van der Waals surface area contributed by atoms with E-state index in [-0.39, 0.29) is 37.7 Å². The number of aryl methyl sites for hydroxylation is 1. The molecule has 0 heterocycles. The highest BCUT2D eigenvalue weighted by Crippen LogP contribution is 2.28. The van der Waals surface area contributed by atoms with E-state index in [0.717, 1.165) is 18.2 Å². The lowest BCUT2D eigenvalue weighted by Crippen LogP contribution is -2.49. The number of anilines is 1. The number of carbonyl (C=O) groups excluding carboxylic acids is 2. The zero-order valence-corrected chi connectivity index (χ0v) is 23.6. The van der Waals surface area contributed by atoms with E-state index in [1.165, 1.54) is 9.21 Å². The van der Waals surface area contributed by atoms with Crippen molar-refractivity contribution in [1.29, 1.82) is 0 Å². The summed E-state index contributed by atoms with van der Waals surface area (Å²) in [5, 5.41) is 3.69. The molecule has 0 saturated carbocycles. The van der Waals surface area contributed by atoms with Crippen LogP contribution >= 0.6 is 23.2 Å². The molecule has 0 unspecified atom stereocenters. The maximum atomic E-state index is 13.5. The number of amides is 2. The first-order valence-corrected chi connectivity index (χ1v) is 14.6. The average Bonchev–Trinajstić information content (AvgIpc) is 2.82. The van der Waals surface area contributed by atoms with Gasteiger partial charge in [-0.2, -0.15) is 0 Å². The molecule has 2 aromatic rings. The minimum absolute atomic E-state index is 0.0531. The van der Waals surface area contributed by atoms with Gasteiger partial charge >= 0.3 is 0 Å². The van der Waals surface area contributed by atoms with E-state index in [9.17, 15) is 18.0 Å². The highest BCUT2D eigenvalue weighted by Gasteiger charge is 2.29. The van der Waals surface area contributed by atoms with Crippen LogP contribution in [-0.4, -0.2) is 50.5 Å². The van der Waals surface area contributed by atoms with E-state index in [2.05, 4.69) is 5.32 Å². The third-order valence-electron chi connectivity index (χ3n) is 5.86. The minimum atomic E-state index is -3.55. The highest BCUT2D eigenvalue weighted by molar-refractivity contribution is 7.92.